The lowest BCUT2D eigenvalue weighted by Gasteiger charge is -1.92. The molecule has 0 atom stereocenters. The molecule has 2 aromatic rings. The predicted octanol–water partition coefficient (Wildman–Crippen LogP) is 2.18. The van der Waals surface area contributed by atoms with Crippen LogP contribution in [0.1, 0.15) is 12.0 Å². The maximum Gasteiger partial charge on any atom is 0.221 e. The molecule has 0 saturated heterocycles. The lowest BCUT2D eigenvalue weighted by molar-refractivity contribution is -0.117. The van der Waals surface area contributed by atoms with E-state index in [0.29, 0.717) is 0 Å². The molecule has 0 spiro atoms. The molecule has 2 N–H and O–H groups in total. The summed E-state index contributed by atoms with van der Waals surface area (Å²) in [5, 5.41) is 0. The van der Waals surface area contributed by atoms with E-state index in [-0.39, 0.29) is 12.3 Å². The molecule has 0 aliphatic heterocycles. The molecular weight excluding hydrogens is 208 g/mol. The van der Waals surface area contributed by atoms with Gasteiger partial charge in [-0.2, -0.15) is 0 Å². The largest absolute Gasteiger partial charge is 0.369 e. The Morgan fingerprint density at radius 2 is 2.40 bits per heavy atom. The highest BCUT2D eigenvalue weighted by molar-refractivity contribution is 7.16. The van der Waals surface area contributed by atoms with Crippen LogP contribution in [0.25, 0.3) is 16.3 Å². The fourth-order valence-corrected chi connectivity index (χ4v) is 1.95. The van der Waals surface area contributed by atoms with Gasteiger partial charge in [-0.3, -0.25) is 4.79 Å². The van der Waals surface area contributed by atoms with E-state index < -0.39 is 0 Å². The lowest BCUT2D eigenvalue weighted by atomic mass is 10.2. The topological polar surface area (TPSA) is 56.0 Å². The number of benzene rings is 1. The molecule has 3 nitrogen and oxygen atoms in total. The summed E-state index contributed by atoms with van der Waals surface area (Å²) in [5.74, 6) is -0.319. The second kappa shape index (κ2) is 4.23. The highest BCUT2D eigenvalue weighted by atomic mass is 32.1. The van der Waals surface area contributed by atoms with E-state index in [9.17, 15) is 4.79 Å². The molecule has 1 aromatic carbocycles. The van der Waals surface area contributed by atoms with Gasteiger partial charge >= 0.3 is 0 Å². The van der Waals surface area contributed by atoms with Crippen LogP contribution in [0.5, 0.6) is 0 Å². The van der Waals surface area contributed by atoms with E-state index in [1.165, 1.54) is 4.70 Å². The maximum absolute atomic E-state index is 10.5. The van der Waals surface area contributed by atoms with E-state index in [4.69, 9.17) is 5.73 Å². The molecule has 0 fully saturated rings. The Balaban J connectivity index is 2.21. The molecule has 0 aliphatic rings. The minimum atomic E-state index is -0.319. The quantitative estimate of drug-likeness (QED) is 0.858. The van der Waals surface area contributed by atoms with Crippen LogP contribution < -0.4 is 5.73 Å². The Hall–Kier alpha value is -1.68. The van der Waals surface area contributed by atoms with Gasteiger partial charge in [0.15, 0.2) is 0 Å². The summed E-state index contributed by atoms with van der Waals surface area (Å²) >= 11 is 1.62. The zero-order valence-corrected chi connectivity index (χ0v) is 8.83. The Kier molecular flexibility index (Phi) is 2.78. The van der Waals surface area contributed by atoms with E-state index in [1.54, 1.807) is 17.4 Å². The Bertz CT molecular complexity index is 516. The van der Waals surface area contributed by atoms with Crippen LogP contribution in [0.2, 0.25) is 0 Å². The number of aromatic nitrogens is 1. The Labute approximate surface area is 91.2 Å². The zero-order valence-electron chi connectivity index (χ0n) is 8.01. The third kappa shape index (κ3) is 2.41. The summed E-state index contributed by atoms with van der Waals surface area (Å²) in [7, 11) is 0. The van der Waals surface area contributed by atoms with Gasteiger partial charge in [-0.1, -0.05) is 18.2 Å². The molecule has 2 rings (SSSR count). The highest BCUT2D eigenvalue weighted by Gasteiger charge is 1.96. The first-order chi connectivity index (χ1) is 7.25. The number of carbonyl (C=O) groups is 1. The van der Waals surface area contributed by atoms with Crippen LogP contribution in [-0.2, 0) is 4.79 Å². The fraction of sp³-hybridized carbons (Fsp3) is 0.0909. The molecular formula is C11H10N2OS. The Morgan fingerprint density at radius 1 is 1.53 bits per heavy atom. The molecule has 1 aromatic heterocycles. The molecule has 0 saturated carbocycles. The van der Waals surface area contributed by atoms with Gasteiger partial charge in [0.2, 0.25) is 5.91 Å². The summed E-state index contributed by atoms with van der Waals surface area (Å²) in [6.45, 7) is 0. The van der Waals surface area contributed by atoms with Crippen LogP contribution >= 0.6 is 11.3 Å². The summed E-state index contributed by atoms with van der Waals surface area (Å²) in [5.41, 5.74) is 8.87. The summed E-state index contributed by atoms with van der Waals surface area (Å²) in [4.78, 5) is 14.7. The third-order valence-electron chi connectivity index (χ3n) is 1.98. The molecule has 0 aliphatic carbocycles. The van der Waals surface area contributed by atoms with Crippen molar-refractivity contribution in [3.05, 3.63) is 35.3 Å². The minimum absolute atomic E-state index is 0.273. The Morgan fingerprint density at radius 3 is 3.20 bits per heavy atom. The first-order valence-corrected chi connectivity index (χ1v) is 5.42. The summed E-state index contributed by atoms with van der Waals surface area (Å²) < 4.78 is 1.17. The van der Waals surface area contributed by atoms with E-state index in [0.717, 1.165) is 11.1 Å². The van der Waals surface area contributed by atoms with Crippen molar-refractivity contribution in [3.63, 3.8) is 0 Å². The molecule has 15 heavy (non-hydrogen) atoms. The van der Waals surface area contributed by atoms with Gasteiger partial charge in [-0.05, 0) is 17.7 Å². The number of nitrogens with two attached hydrogens (primary N) is 1. The molecule has 1 amide bonds. The van der Waals surface area contributed by atoms with E-state index in [1.807, 2.05) is 29.8 Å². The van der Waals surface area contributed by atoms with E-state index in [2.05, 4.69) is 4.98 Å². The van der Waals surface area contributed by atoms with Gasteiger partial charge in [0.1, 0.15) is 0 Å². The number of hydrogen-bond acceptors (Lipinski definition) is 3. The molecule has 0 bridgehead atoms. The number of rotatable bonds is 3. The van der Waals surface area contributed by atoms with Crippen LogP contribution in [0, 0.1) is 0 Å². The monoisotopic (exact) mass is 218 g/mol. The number of primary amides is 1. The summed E-state index contributed by atoms with van der Waals surface area (Å²) in [6, 6.07) is 6.01. The highest BCUT2D eigenvalue weighted by Crippen LogP contribution is 2.19. The second-order valence-electron chi connectivity index (χ2n) is 3.15. The van der Waals surface area contributed by atoms with Crippen molar-refractivity contribution in [2.45, 2.75) is 6.42 Å². The SMILES string of the molecule is NC(=O)CC=Cc1ccc2scnc2c1. The fourth-order valence-electron chi connectivity index (χ4n) is 1.29. The average molecular weight is 218 g/mol. The van der Waals surface area contributed by atoms with E-state index >= 15 is 0 Å². The van der Waals surface area contributed by atoms with Crippen molar-refractivity contribution in [2.75, 3.05) is 0 Å². The van der Waals surface area contributed by atoms with Crippen molar-refractivity contribution < 1.29 is 4.79 Å². The van der Waals surface area contributed by atoms with Gasteiger partial charge in [-0.15, -0.1) is 11.3 Å². The first-order valence-electron chi connectivity index (χ1n) is 4.54. The number of hydrogen-bond donors (Lipinski definition) is 1. The second-order valence-corrected chi connectivity index (χ2v) is 4.04. The predicted molar refractivity (Wildman–Crippen MR) is 62.5 cm³/mol. The van der Waals surface area contributed by atoms with Crippen LogP contribution in [-0.4, -0.2) is 10.9 Å². The van der Waals surface area contributed by atoms with Gasteiger partial charge in [0.25, 0.3) is 0 Å². The van der Waals surface area contributed by atoms with Crippen LogP contribution in [0.15, 0.2) is 29.8 Å². The third-order valence-corrected chi connectivity index (χ3v) is 2.79. The summed E-state index contributed by atoms with van der Waals surface area (Å²) in [6.07, 6.45) is 3.91. The number of fused-ring (bicyclic) bond motifs is 1. The number of carbonyl (C=O) groups excluding carboxylic acids is 1. The first kappa shape index (κ1) is 9.86. The molecule has 4 heteroatoms. The van der Waals surface area contributed by atoms with Gasteiger partial charge in [0.05, 0.1) is 15.7 Å². The minimum Gasteiger partial charge on any atom is -0.369 e. The number of thiazole rings is 1. The van der Waals surface area contributed by atoms with Crippen molar-refractivity contribution in [2.24, 2.45) is 5.73 Å². The number of amides is 1. The molecule has 0 radical (unpaired) electrons. The van der Waals surface area contributed by atoms with Gasteiger partial charge in [0, 0.05) is 6.42 Å². The van der Waals surface area contributed by atoms with Crippen molar-refractivity contribution in [3.8, 4) is 0 Å². The molecule has 1 heterocycles. The van der Waals surface area contributed by atoms with Crippen molar-refractivity contribution in [1.29, 1.82) is 0 Å². The van der Waals surface area contributed by atoms with Gasteiger partial charge in [-0.25, -0.2) is 4.98 Å². The van der Waals surface area contributed by atoms with Crippen LogP contribution in [0.4, 0.5) is 0 Å². The van der Waals surface area contributed by atoms with Crippen molar-refractivity contribution >= 4 is 33.5 Å². The number of nitrogens with zero attached hydrogens (tertiary/aromatic N) is 1. The lowest BCUT2D eigenvalue weighted by Crippen LogP contribution is -2.07. The standard InChI is InChI=1S/C11H10N2OS/c12-11(14)3-1-2-8-4-5-10-9(6-8)13-7-15-10/h1-2,4-7H,3H2,(H2,12,14). The molecule has 76 valence electrons. The van der Waals surface area contributed by atoms with Crippen LogP contribution in [0.3, 0.4) is 0 Å². The maximum atomic E-state index is 10.5. The molecule has 0 unspecified atom stereocenters. The van der Waals surface area contributed by atoms with Gasteiger partial charge < -0.3 is 5.73 Å². The smallest absolute Gasteiger partial charge is 0.221 e. The normalized spacial score (nSPS) is 11.2. The zero-order chi connectivity index (χ0) is 10.7. The average Bonchev–Trinajstić information content (AvgIpc) is 2.64. The van der Waals surface area contributed by atoms with Crippen molar-refractivity contribution in [1.82, 2.24) is 4.98 Å².